The molecule has 5 fully saturated rings. The van der Waals surface area contributed by atoms with E-state index in [9.17, 15) is 4.79 Å². The van der Waals surface area contributed by atoms with Gasteiger partial charge in [0.2, 0.25) is 0 Å². The molecule has 1 heterocycles. The zero-order valence-corrected chi connectivity index (χ0v) is 20.6. The lowest BCUT2D eigenvalue weighted by Gasteiger charge is -2.54. The Morgan fingerprint density at radius 2 is 1.76 bits per heavy atom. The van der Waals surface area contributed by atoms with Crippen molar-refractivity contribution in [3.05, 3.63) is 45.2 Å². The van der Waals surface area contributed by atoms with Gasteiger partial charge < -0.3 is 10.6 Å². The van der Waals surface area contributed by atoms with E-state index in [-0.39, 0.29) is 5.91 Å². The lowest BCUT2D eigenvalue weighted by atomic mass is 9.54. The highest BCUT2D eigenvalue weighted by atomic mass is 35.5. The molecule has 5 nitrogen and oxygen atoms in total. The number of nitrogens with one attached hydrogen (secondary N) is 2. The molecule has 5 aliphatic rings. The first-order valence-corrected chi connectivity index (χ1v) is 13.3. The van der Waals surface area contributed by atoms with Gasteiger partial charge in [-0.2, -0.15) is 5.10 Å². The molecule has 0 saturated heterocycles. The number of amides is 1. The lowest BCUT2D eigenvalue weighted by molar-refractivity contribution is -0.0133. The van der Waals surface area contributed by atoms with Crippen molar-refractivity contribution in [1.82, 2.24) is 20.4 Å². The van der Waals surface area contributed by atoms with E-state index >= 15 is 0 Å². The first-order chi connectivity index (χ1) is 16.0. The molecule has 4 bridgehead atoms. The van der Waals surface area contributed by atoms with Gasteiger partial charge in [-0.25, -0.2) is 4.68 Å². The molecule has 0 unspecified atom stereocenters. The van der Waals surface area contributed by atoms with Crippen molar-refractivity contribution in [2.24, 2.45) is 23.7 Å². The van der Waals surface area contributed by atoms with Crippen LogP contribution in [0, 0.1) is 30.6 Å². The van der Waals surface area contributed by atoms with Crippen molar-refractivity contribution in [1.29, 1.82) is 0 Å². The Labute approximate surface area is 205 Å². The fourth-order valence-electron chi connectivity index (χ4n) is 7.15. The van der Waals surface area contributed by atoms with Crippen molar-refractivity contribution in [2.75, 3.05) is 13.1 Å². The van der Waals surface area contributed by atoms with E-state index in [1.54, 1.807) is 6.07 Å². The number of rotatable bonds is 7. The summed E-state index contributed by atoms with van der Waals surface area (Å²) in [5.74, 6) is 3.99. The molecule has 2 N–H and O–H groups in total. The van der Waals surface area contributed by atoms with Crippen LogP contribution < -0.4 is 10.6 Å². The van der Waals surface area contributed by atoms with E-state index in [0.29, 0.717) is 34.2 Å². The lowest BCUT2D eigenvalue weighted by Crippen LogP contribution is -2.55. The van der Waals surface area contributed by atoms with Gasteiger partial charge in [-0.1, -0.05) is 23.2 Å². The maximum absolute atomic E-state index is 13.1. The Kier molecular flexibility index (Phi) is 5.71. The summed E-state index contributed by atoms with van der Waals surface area (Å²) in [7, 11) is 0. The minimum atomic E-state index is -0.106. The van der Waals surface area contributed by atoms with Crippen molar-refractivity contribution in [2.45, 2.75) is 63.8 Å². The van der Waals surface area contributed by atoms with Gasteiger partial charge in [-0.3, -0.25) is 4.79 Å². The minimum absolute atomic E-state index is 0.106. The van der Waals surface area contributed by atoms with Crippen LogP contribution >= 0.6 is 23.2 Å². The van der Waals surface area contributed by atoms with Gasteiger partial charge in [0.25, 0.3) is 5.91 Å². The average Bonchev–Trinajstić information content (AvgIpc) is 3.54. The van der Waals surface area contributed by atoms with Crippen molar-refractivity contribution in [3.63, 3.8) is 0 Å². The number of aromatic nitrogens is 2. The normalized spacial score (nSPS) is 30.1. The third kappa shape index (κ3) is 4.11. The van der Waals surface area contributed by atoms with Crippen molar-refractivity contribution >= 4 is 29.1 Å². The second kappa shape index (κ2) is 8.58. The highest BCUT2D eigenvalue weighted by Gasteiger charge is 2.47. The summed E-state index contributed by atoms with van der Waals surface area (Å²) in [5.41, 5.74) is 3.32. The van der Waals surface area contributed by atoms with Crippen LogP contribution in [0.5, 0.6) is 0 Å². The Balaban J connectivity index is 1.12. The molecule has 1 amide bonds. The van der Waals surface area contributed by atoms with Crippen LogP contribution in [0.2, 0.25) is 10.0 Å². The summed E-state index contributed by atoms with van der Waals surface area (Å²) in [5, 5.41) is 12.8. The molecular formula is C26H32Cl2N4O. The van der Waals surface area contributed by atoms with Crippen LogP contribution in [0.3, 0.4) is 0 Å². The highest BCUT2D eigenvalue weighted by Crippen LogP contribution is 2.53. The number of nitrogens with zero attached hydrogens (tertiary/aromatic N) is 2. The zero-order chi connectivity index (χ0) is 22.7. The Bertz CT molecular complexity index is 1050. The van der Waals surface area contributed by atoms with Crippen LogP contribution in [0.4, 0.5) is 0 Å². The standard InChI is InChI=1S/C26H32Cl2N4O/c1-14-23(31-32(25(14)17-2-3-17)22-5-4-20(27)13-21(22)28)26(33)30-7-6-29-24-18-9-15-8-16(11-18)12-19(24)10-15/h4-5,13,15-19,24,29H,2-3,6-12H2,1H3,(H,30,33). The molecule has 1 aromatic heterocycles. The monoisotopic (exact) mass is 486 g/mol. The van der Waals surface area contributed by atoms with Crippen LogP contribution in [-0.2, 0) is 0 Å². The molecule has 5 aliphatic carbocycles. The summed E-state index contributed by atoms with van der Waals surface area (Å²) >= 11 is 12.6. The Hall–Kier alpha value is -1.56. The SMILES string of the molecule is Cc1c(C(=O)NCCNC2C3CC4CC(C3)CC2C4)nn(-c2ccc(Cl)cc2Cl)c1C1CC1. The fourth-order valence-corrected chi connectivity index (χ4v) is 7.64. The quantitative estimate of drug-likeness (QED) is 0.507. The predicted octanol–water partition coefficient (Wildman–Crippen LogP) is 5.51. The van der Waals surface area contributed by atoms with Crippen LogP contribution in [0.1, 0.15) is 72.6 Å². The summed E-state index contributed by atoms with van der Waals surface area (Å²) < 4.78 is 1.85. The topological polar surface area (TPSA) is 59.0 Å². The first kappa shape index (κ1) is 21.9. The minimum Gasteiger partial charge on any atom is -0.349 e. The smallest absolute Gasteiger partial charge is 0.272 e. The third-order valence-corrected chi connectivity index (χ3v) is 9.04. The third-order valence-electron chi connectivity index (χ3n) is 8.50. The number of benzene rings is 1. The van der Waals surface area contributed by atoms with Gasteiger partial charge in [0.1, 0.15) is 0 Å². The van der Waals surface area contributed by atoms with E-state index in [1.807, 2.05) is 23.7 Å². The van der Waals surface area contributed by atoms with Gasteiger partial charge in [0.15, 0.2) is 5.69 Å². The van der Waals surface area contributed by atoms with Crippen molar-refractivity contribution < 1.29 is 4.79 Å². The molecule has 0 radical (unpaired) electrons. The second-order valence-corrected chi connectivity index (χ2v) is 11.7. The maximum Gasteiger partial charge on any atom is 0.272 e. The van der Waals surface area contributed by atoms with Crippen molar-refractivity contribution in [3.8, 4) is 5.69 Å². The molecule has 7 heteroatoms. The number of carbonyl (C=O) groups excluding carboxylic acids is 1. The zero-order valence-electron chi connectivity index (χ0n) is 19.1. The van der Waals surface area contributed by atoms with Gasteiger partial charge in [-0.15, -0.1) is 0 Å². The van der Waals surface area contributed by atoms with E-state index in [0.717, 1.165) is 60.0 Å². The molecule has 7 rings (SSSR count). The molecule has 0 atom stereocenters. The molecule has 33 heavy (non-hydrogen) atoms. The van der Waals surface area contributed by atoms with Gasteiger partial charge in [0, 0.05) is 35.6 Å². The molecule has 1 aromatic carbocycles. The molecule has 176 valence electrons. The molecule has 0 spiro atoms. The Morgan fingerprint density at radius 3 is 2.39 bits per heavy atom. The summed E-state index contributed by atoms with van der Waals surface area (Å²) in [4.78, 5) is 13.1. The predicted molar refractivity (Wildman–Crippen MR) is 131 cm³/mol. The highest BCUT2D eigenvalue weighted by molar-refractivity contribution is 6.35. The van der Waals surface area contributed by atoms with Crippen LogP contribution in [0.15, 0.2) is 18.2 Å². The summed E-state index contributed by atoms with van der Waals surface area (Å²) in [6, 6.07) is 6.05. The number of hydrogen-bond donors (Lipinski definition) is 2. The Morgan fingerprint density at radius 1 is 1.06 bits per heavy atom. The fraction of sp³-hybridized carbons (Fsp3) is 0.615. The van der Waals surface area contributed by atoms with E-state index in [2.05, 4.69) is 10.6 Å². The molecule has 5 saturated carbocycles. The number of halogens is 2. The number of carbonyl (C=O) groups is 1. The van der Waals surface area contributed by atoms with Crippen LogP contribution in [-0.4, -0.2) is 34.8 Å². The molecule has 0 aliphatic heterocycles. The molecule has 2 aromatic rings. The average molecular weight is 487 g/mol. The van der Waals surface area contributed by atoms with E-state index in [4.69, 9.17) is 28.3 Å². The first-order valence-electron chi connectivity index (χ1n) is 12.5. The van der Waals surface area contributed by atoms with E-state index < -0.39 is 0 Å². The van der Waals surface area contributed by atoms with Crippen LogP contribution in [0.25, 0.3) is 5.69 Å². The van der Waals surface area contributed by atoms with Gasteiger partial charge >= 0.3 is 0 Å². The van der Waals surface area contributed by atoms with Gasteiger partial charge in [-0.05, 0) is 93.7 Å². The summed E-state index contributed by atoms with van der Waals surface area (Å²) in [6.07, 6.45) is 9.35. The summed E-state index contributed by atoms with van der Waals surface area (Å²) in [6.45, 7) is 3.44. The number of hydrogen-bond acceptors (Lipinski definition) is 3. The largest absolute Gasteiger partial charge is 0.349 e. The second-order valence-electron chi connectivity index (χ2n) is 10.8. The maximum atomic E-state index is 13.1. The van der Waals surface area contributed by atoms with Gasteiger partial charge in [0.05, 0.1) is 16.4 Å². The molecular weight excluding hydrogens is 455 g/mol. The van der Waals surface area contributed by atoms with E-state index in [1.165, 1.54) is 32.1 Å².